The SMILES string of the molecule is COCCn1nccc1-c1ccc(C)c(C(=O)O)c1. The van der Waals surface area contributed by atoms with Gasteiger partial charge in [-0.05, 0) is 24.6 Å². The van der Waals surface area contributed by atoms with E-state index in [1.807, 2.05) is 18.2 Å². The molecule has 2 aromatic rings. The topological polar surface area (TPSA) is 64.4 Å². The van der Waals surface area contributed by atoms with Gasteiger partial charge in [-0.1, -0.05) is 12.1 Å². The second-order valence-electron chi connectivity index (χ2n) is 4.27. The molecule has 1 heterocycles. The van der Waals surface area contributed by atoms with Gasteiger partial charge >= 0.3 is 5.97 Å². The van der Waals surface area contributed by atoms with Crippen LogP contribution < -0.4 is 0 Å². The second-order valence-corrected chi connectivity index (χ2v) is 4.27. The minimum absolute atomic E-state index is 0.317. The molecule has 0 unspecified atom stereocenters. The van der Waals surface area contributed by atoms with E-state index >= 15 is 0 Å². The number of nitrogens with zero attached hydrogens (tertiary/aromatic N) is 2. The summed E-state index contributed by atoms with van der Waals surface area (Å²) >= 11 is 0. The van der Waals surface area contributed by atoms with Gasteiger partial charge in [0.05, 0.1) is 24.4 Å². The largest absolute Gasteiger partial charge is 0.478 e. The van der Waals surface area contributed by atoms with Gasteiger partial charge in [0.15, 0.2) is 0 Å². The lowest BCUT2D eigenvalue weighted by Gasteiger charge is -2.09. The highest BCUT2D eigenvalue weighted by Gasteiger charge is 2.11. The van der Waals surface area contributed by atoms with Gasteiger partial charge in [0.25, 0.3) is 0 Å². The number of aromatic nitrogens is 2. The lowest BCUT2D eigenvalue weighted by atomic mass is 10.0. The number of carboxylic acids is 1. The predicted octanol–water partition coefficient (Wildman–Crippen LogP) is 2.20. The minimum atomic E-state index is -0.915. The Morgan fingerprint density at radius 1 is 1.42 bits per heavy atom. The van der Waals surface area contributed by atoms with Crippen molar-refractivity contribution in [3.8, 4) is 11.3 Å². The van der Waals surface area contributed by atoms with E-state index in [1.54, 1.807) is 31.0 Å². The third-order valence-electron chi connectivity index (χ3n) is 2.99. The Labute approximate surface area is 111 Å². The summed E-state index contributed by atoms with van der Waals surface area (Å²) in [4.78, 5) is 11.2. The van der Waals surface area contributed by atoms with Crippen LogP contribution >= 0.6 is 0 Å². The van der Waals surface area contributed by atoms with E-state index in [1.165, 1.54) is 0 Å². The number of aryl methyl sites for hydroxylation is 1. The van der Waals surface area contributed by atoms with E-state index in [-0.39, 0.29) is 0 Å². The second kappa shape index (κ2) is 5.67. The third-order valence-corrected chi connectivity index (χ3v) is 2.99. The molecule has 100 valence electrons. The van der Waals surface area contributed by atoms with Gasteiger partial charge < -0.3 is 9.84 Å². The fourth-order valence-corrected chi connectivity index (χ4v) is 1.95. The molecule has 0 spiro atoms. The summed E-state index contributed by atoms with van der Waals surface area (Å²) in [5.41, 5.74) is 2.80. The van der Waals surface area contributed by atoms with Gasteiger partial charge in [0.1, 0.15) is 0 Å². The van der Waals surface area contributed by atoms with Crippen LogP contribution in [0.5, 0.6) is 0 Å². The fraction of sp³-hybridized carbons (Fsp3) is 0.286. The van der Waals surface area contributed by atoms with Gasteiger partial charge in [0, 0.05) is 18.9 Å². The van der Waals surface area contributed by atoms with Crippen LogP contribution in [0.25, 0.3) is 11.3 Å². The van der Waals surface area contributed by atoms with Gasteiger partial charge in [-0.15, -0.1) is 0 Å². The maximum absolute atomic E-state index is 11.2. The van der Waals surface area contributed by atoms with Crippen LogP contribution in [0.1, 0.15) is 15.9 Å². The highest BCUT2D eigenvalue weighted by atomic mass is 16.5. The molecule has 0 bridgehead atoms. The molecule has 1 N–H and O–H groups in total. The van der Waals surface area contributed by atoms with Crippen molar-refractivity contribution < 1.29 is 14.6 Å². The van der Waals surface area contributed by atoms with Gasteiger partial charge in [0.2, 0.25) is 0 Å². The maximum Gasteiger partial charge on any atom is 0.335 e. The number of hydrogen-bond acceptors (Lipinski definition) is 3. The van der Waals surface area contributed by atoms with Crippen LogP contribution in [0.2, 0.25) is 0 Å². The van der Waals surface area contributed by atoms with Crippen molar-refractivity contribution in [3.05, 3.63) is 41.6 Å². The van der Waals surface area contributed by atoms with Crippen LogP contribution in [0.4, 0.5) is 0 Å². The van der Waals surface area contributed by atoms with E-state index in [0.29, 0.717) is 18.7 Å². The van der Waals surface area contributed by atoms with Crippen LogP contribution in [-0.4, -0.2) is 34.6 Å². The number of benzene rings is 1. The molecule has 2 rings (SSSR count). The van der Waals surface area contributed by atoms with Crippen LogP contribution in [0.3, 0.4) is 0 Å². The smallest absolute Gasteiger partial charge is 0.335 e. The van der Waals surface area contributed by atoms with Crippen LogP contribution in [0.15, 0.2) is 30.5 Å². The average Bonchev–Trinajstić information content (AvgIpc) is 2.85. The van der Waals surface area contributed by atoms with Crippen molar-refractivity contribution in [3.63, 3.8) is 0 Å². The first-order chi connectivity index (χ1) is 9.13. The third kappa shape index (κ3) is 2.82. The first-order valence-corrected chi connectivity index (χ1v) is 5.98. The molecule has 0 saturated carbocycles. The molecule has 0 amide bonds. The lowest BCUT2D eigenvalue weighted by Crippen LogP contribution is -2.07. The minimum Gasteiger partial charge on any atom is -0.478 e. The van der Waals surface area contributed by atoms with E-state index in [0.717, 1.165) is 16.8 Å². The zero-order valence-corrected chi connectivity index (χ0v) is 11.0. The highest BCUT2D eigenvalue weighted by Crippen LogP contribution is 2.22. The number of carbonyl (C=O) groups is 1. The quantitative estimate of drug-likeness (QED) is 0.895. The van der Waals surface area contributed by atoms with E-state index in [9.17, 15) is 4.79 Å². The molecular formula is C14H16N2O3. The molecule has 5 nitrogen and oxygen atoms in total. The molecule has 1 aromatic heterocycles. The van der Waals surface area contributed by atoms with Gasteiger partial charge in [-0.25, -0.2) is 4.79 Å². The number of hydrogen-bond donors (Lipinski definition) is 1. The average molecular weight is 260 g/mol. The van der Waals surface area contributed by atoms with E-state index in [2.05, 4.69) is 5.10 Å². The van der Waals surface area contributed by atoms with Crippen LogP contribution in [0, 0.1) is 6.92 Å². The Balaban J connectivity index is 2.39. The van der Waals surface area contributed by atoms with Crippen molar-refractivity contribution >= 4 is 5.97 Å². The molecule has 1 aromatic carbocycles. The standard InChI is InChI=1S/C14H16N2O3/c1-10-3-4-11(9-12(10)14(17)18)13-5-6-15-16(13)7-8-19-2/h3-6,9H,7-8H2,1-2H3,(H,17,18). The Bertz CT molecular complexity index is 590. The van der Waals surface area contributed by atoms with Crippen molar-refractivity contribution in [2.45, 2.75) is 13.5 Å². The Morgan fingerprint density at radius 3 is 2.89 bits per heavy atom. The Morgan fingerprint density at radius 2 is 2.21 bits per heavy atom. The molecule has 19 heavy (non-hydrogen) atoms. The maximum atomic E-state index is 11.2. The number of aromatic carboxylic acids is 1. The molecule has 0 aliphatic rings. The zero-order chi connectivity index (χ0) is 13.8. The van der Waals surface area contributed by atoms with E-state index < -0.39 is 5.97 Å². The summed E-state index contributed by atoms with van der Waals surface area (Å²) in [6.45, 7) is 2.98. The summed E-state index contributed by atoms with van der Waals surface area (Å²) in [5, 5.41) is 13.4. The summed E-state index contributed by atoms with van der Waals surface area (Å²) in [6, 6.07) is 7.26. The molecule has 0 radical (unpaired) electrons. The number of ether oxygens (including phenoxy) is 1. The lowest BCUT2D eigenvalue weighted by molar-refractivity contribution is 0.0696. The van der Waals surface area contributed by atoms with Crippen molar-refractivity contribution in [2.24, 2.45) is 0 Å². The summed E-state index contributed by atoms with van der Waals surface area (Å²) in [7, 11) is 1.64. The molecule has 0 aliphatic heterocycles. The molecule has 5 heteroatoms. The summed E-state index contributed by atoms with van der Waals surface area (Å²) in [5.74, 6) is -0.915. The highest BCUT2D eigenvalue weighted by molar-refractivity contribution is 5.91. The monoisotopic (exact) mass is 260 g/mol. The first kappa shape index (κ1) is 13.3. The number of carboxylic acid groups (broad SMARTS) is 1. The Hall–Kier alpha value is -2.14. The molecule has 0 atom stereocenters. The molecular weight excluding hydrogens is 244 g/mol. The number of rotatable bonds is 5. The zero-order valence-electron chi connectivity index (χ0n) is 11.0. The molecule has 0 aliphatic carbocycles. The Kier molecular flexibility index (Phi) is 3.97. The molecule has 0 saturated heterocycles. The van der Waals surface area contributed by atoms with Crippen molar-refractivity contribution in [1.82, 2.24) is 9.78 Å². The first-order valence-electron chi connectivity index (χ1n) is 5.98. The van der Waals surface area contributed by atoms with Crippen LogP contribution in [-0.2, 0) is 11.3 Å². The fourth-order valence-electron chi connectivity index (χ4n) is 1.95. The van der Waals surface area contributed by atoms with Crippen molar-refractivity contribution in [2.75, 3.05) is 13.7 Å². The normalized spacial score (nSPS) is 10.6. The number of methoxy groups -OCH3 is 1. The van der Waals surface area contributed by atoms with E-state index in [4.69, 9.17) is 9.84 Å². The molecule has 0 fully saturated rings. The summed E-state index contributed by atoms with van der Waals surface area (Å²) in [6.07, 6.45) is 1.70. The van der Waals surface area contributed by atoms with Crippen molar-refractivity contribution in [1.29, 1.82) is 0 Å². The predicted molar refractivity (Wildman–Crippen MR) is 71.2 cm³/mol. The van der Waals surface area contributed by atoms with Gasteiger partial charge in [-0.2, -0.15) is 5.10 Å². The van der Waals surface area contributed by atoms with Gasteiger partial charge in [-0.3, -0.25) is 4.68 Å². The summed E-state index contributed by atoms with van der Waals surface area (Å²) < 4.78 is 6.84.